The van der Waals surface area contributed by atoms with Crippen molar-refractivity contribution in [3.8, 4) is 0 Å². The van der Waals surface area contributed by atoms with Crippen LogP contribution in [0.5, 0.6) is 0 Å². The zero-order valence-electron chi connectivity index (χ0n) is 14.3. The maximum atomic E-state index is 12.4. The van der Waals surface area contributed by atoms with E-state index in [0.717, 1.165) is 19.6 Å². The number of hydrogen-bond donors (Lipinski definition) is 0. The fourth-order valence-corrected chi connectivity index (χ4v) is 4.16. The van der Waals surface area contributed by atoms with Gasteiger partial charge in [0.1, 0.15) is 6.04 Å². The normalized spacial score (nSPS) is 30.1. The lowest BCUT2D eigenvalue weighted by atomic mass is 9.90. The lowest BCUT2D eigenvalue weighted by Gasteiger charge is -2.29. The van der Waals surface area contributed by atoms with Gasteiger partial charge in [0, 0.05) is 19.6 Å². The Balaban J connectivity index is 1.88. The fraction of sp³-hybridized carbons (Fsp3) is 0.556. The Bertz CT molecular complexity index is 606. The van der Waals surface area contributed by atoms with Crippen molar-refractivity contribution in [1.82, 2.24) is 9.80 Å². The topological polar surface area (TPSA) is 59.1 Å². The quantitative estimate of drug-likeness (QED) is 0.770. The standard InChI is InChI=1S/C18H24N2O4/c1-12-14(17(21)23-2)16-19(11-13-7-5-4-6-8-13)9-10-20(16)15(12)18(22)24-3/h4-8,12,14-16H,9-11H2,1-3H3/t12-,14+,15+,16?/m1/s1. The smallest absolute Gasteiger partial charge is 0.323 e. The van der Waals surface area contributed by atoms with Gasteiger partial charge in [-0.2, -0.15) is 0 Å². The van der Waals surface area contributed by atoms with E-state index in [2.05, 4.69) is 21.9 Å². The average Bonchev–Trinajstić information content (AvgIpc) is 3.12. The maximum Gasteiger partial charge on any atom is 0.323 e. The molecule has 1 unspecified atom stereocenters. The van der Waals surface area contributed by atoms with Crippen LogP contribution in [0, 0.1) is 11.8 Å². The van der Waals surface area contributed by atoms with Gasteiger partial charge in [0.15, 0.2) is 0 Å². The minimum absolute atomic E-state index is 0.128. The summed E-state index contributed by atoms with van der Waals surface area (Å²) in [7, 11) is 2.80. The van der Waals surface area contributed by atoms with E-state index in [1.54, 1.807) is 0 Å². The molecule has 0 saturated carbocycles. The third kappa shape index (κ3) is 2.80. The fourth-order valence-electron chi connectivity index (χ4n) is 4.16. The molecule has 2 saturated heterocycles. The number of carbonyl (C=O) groups is 2. The first-order chi connectivity index (χ1) is 11.6. The molecule has 6 heteroatoms. The lowest BCUT2D eigenvalue weighted by Crippen LogP contribution is -2.44. The molecule has 0 bridgehead atoms. The van der Waals surface area contributed by atoms with E-state index in [1.165, 1.54) is 19.8 Å². The molecule has 2 aliphatic heterocycles. The van der Waals surface area contributed by atoms with Gasteiger partial charge in [-0.3, -0.25) is 19.4 Å². The summed E-state index contributed by atoms with van der Waals surface area (Å²) in [5.41, 5.74) is 1.19. The van der Waals surface area contributed by atoms with Crippen molar-refractivity contribution < 1.29 is 19.1 Å². The molecule has 0 aliphatic carbocycles. The van der Waals surface area contributed by atoms with Gasteiger partial charge in [-0.05, 0) is 11.5 Å². The second-order valence-corrected chi connectivity index (χ2v) is 6.48. The number of fused-ring (bicyclic) bond motifs is 1. The van der Waals surface area contributed by atoms with Gasteiger partial charge in [-0.25, -0.2) is 0 Å². The van der Waals surface area contributed by atoms with Crippen LogP contribution in [0.1, 0.15) is 12.5 Å². The molecular weight excluding hydrogens is 308 g/mol. The molecule has 0 aromatic heterocycles. The van der Waals surface area contributed by atoms with Crippen molar-refractivity contribution >= 4 is 11.9 Å². The van der Waals surface area contributed by atoms with Crippen LogP contribution >= 0.6 is 0 Å². The first-order valence-corrected chi connectivity index (χ1v) is 8.28. The van der Waals surface area contributed by atoms with Crippen LogP contribution in [0.15, 0.2) is 30.3 Å². The van der Waals surface area contributed by atoms with Gasteiger partial charge < -0.3 is 9.47 Å². The highest BCUT2D eigenvalue weighted by molar-refractivity contribution is 5.81. The van der Waals surface area contributed by atoms with Gasteiger partial charge in [0.2, 0.25) is 0 Å². The second kappa shape index (κ2) is 6.91. The predicted molar refractivity (Wildman–Crippen MR) is 87.8 cm³/mol. The molecule has 24 heavy (non-hydrogen) atoms. The van der Waals surface area contributed by atoms with Gasteiger partial charge in [-0.15, -0.1) is 0 Å². The zero-order chi connectivity index (χ0) is 17.3. The van der Waals surface area contributed by atoms with E-state index in [1.807, 2.05) is 25.1 Å². The summed E-state index contributed by atoms with van der Waals surface area (Å²) in [6, 6.07) is 9.76. The molecule has 2 fully saturated rings. The Kier molecular flexibility index (Phi) is 4.87. The summed E-state index contributed by atoms with van der Waals surface area (Å²) in [5, 5.41) is 0. The summed E-state index contributed by atoms with van der Waals surface area (Å²) in [5.74, 6) is -1.04. The van der Waals surface area contributed by atoms with Crippen LogP contribution in [-0.4, -0.2) is 61.3 Å². The summed E-state index contributed by atoms with van der Waals surface area (Å²) < 4.78 is 10.0. The van der Waals surface area contributed by atoms with Crippen molar-refractivity contribution in [2.75, 3.05) is 27.3 Å². The van der Waals surface area contributed by atoms with Crippen molar-refractivity contribution in [3.05, 3.63) is 35.9 Å². The van der Waals surface area contributed by atoms with Crippen LogP contribution in [0.4, 0.5) is 0 Å². The van der Waals surface area contributed by atoms with Gasteiger partial charge >= 0.3 is 11.9 Å². The number of carbonyl (C=O) groups excluding carboxylic acids is 2. The Hall–Kier alpha value is -1.92. The number of benzene rings is 1. The SMILES string of the molecule is COC(=O)[C@@H]1C2N(Cc3ccccc3)CCN2[C@H](C(=O)OC)[C@@H]1C. The third-order valence-electron chi connectivity index (χ3n) is 5.25. The van der Waals surface area contributed by atoms with Crippen LogP contribution < -0.4 is 0 Å². The van der Waals surface area contributed by atoms with Crippen molar-refractivity contribution in [1.29, 1.82) is 0 Å². The Morgan fingerprint density at radius 1 is 1.08 bits per heavy atom. The first kappa shape index (κ1) is 16.9. The highest BCUT2D eigenvalue weighted by Gasteiger charge is 2.57. The maximum absolute atomic E-state index is 12.4. The van der Waals surface area contributed by atoms with Crippen LogP contribution in [0.2, 0.25) is 0 Å². The highest BCUT2D eigenvalue weighted by atomic mass is 16.5. The largest absolute Gasteiger partial charge is 0.469 e. The molecule has 4 atom stereocenters. The van der Waals surface area contributed by atoms with Crippen LogP contribution in [0.3, 0.4) is 0 Å². The molecule has 2 aliphatic rings. The number of nitrogens with zero attached hydrogens (tertiary/aromatic N) is 2. The van der Waals surface area contributed by atoms with E-state index in [9.17, 15) is 9.59 Å². The Labute approximate surface area is 142 Å². The lowest BCUT2D eigenvalue weighted by molar-refractivity contribution is -0.149. The van der Waals surface area contributed by atoms with Gasteiger partial charge in [-0.1, -0.05) is 37.3 Å². The molecule has 0 N–H and O–H groups in total. The summed E-state index contributed by atoms with van der Waals surface area (Å²) >= 11 is 0. The van der Waals surface area contributed by atoms with E-state index in [4.69, 9.17) is 9.47 Å². The Morgan fingerprint density at radius 2 is 1.75 bits per heavy atom. The number of methoxy groups -OCH3 is 2. The predicted octanol–water partition coefficient (Wildman–Crippen LogP) is 1.11. The highest BCUT2D eigenvalue weighted by Crippen LogP contribution is 2.41. The minimum atomic E-state index is -0.398. The molecule has 0 spiro atoms. The molecule has 0 amide bonds. The number of esters is 2. The minimum Gasteiger partial charge on any atom is -0.469 e. The molecule has 2 heterocycles. The van der Waals surface area contributed by atoms with Crippen LogP contribution in [0.25, 0.3) is 0 Å². The first-order valence-electron chi connectivity index (χ1n) is 8.28. The molecule has 3 rings (SSSR count). The monoisotopic (exact) mass is 332 g/mol. The van der Waals surface area contributed by atoms with E-state index in [0.29, 0.717) is 0 Å². The second-order valence-electron chi connectivity index (χ2n) is 6.48. The molecular formula is C18H24N2O4. The zero-order valence-corrected chi connectivity index (χ0v) is 14.3. The van der Waals surface area contributed by atoms with E-state index >= 15 is 0 Å². The average molecular weight is 332 g/mol. The van der Waals surface area contributed by atoms with Gasteiger partial charge in [0.25, 0.3) is 0 Å². The van der Waals surface area contributed by atoms with Gasteiger partial charge in [0.05, 0.1) is 26.3 Å². The van der Waals surface area contributed by atoms with Crippen LogP contribution in [-0.2, 0) is 25.6 Å². The summed E-state index contributed by atoms with van der Waals surface area (Å²) in [6.45, 7) is 4.24. The van der Waals surface area contributed by atoms with Crippen molar-refractivity contribution in [2.24, 2.45) is 11.8 Å². The van der Waals surface area contributed by atoms with Crippen molar-refractivity contribution in [2.45, 2.75) is 25.7 Å². The molecule has 6 nitrogen and oxygen atoms in total. The number of hydrogen-bond acceptors (Lipinski definition) is 6. The number of ether oxygens (including phenoxy) is 2. The molecule has 1 aromatic carbocycles. The third-order valence-corrected chi connectivity index (χ3v) is 5.25. The van der Waals surface area contributed by atoms with E-state index < -0.39 is 6.04 Å². The summed E-state index contributed by atoms with van der Waals surface area (Å²) in [6.07, 6.45) is -0.128. The number of rotatable bonds is 4. The Morgan fingerprint density at radius 3 is 2.38 bits per heavy atom. The summed E-state index contributed by atoms with van der Waals surface area (Å²) in [4.78, 5) is 29.0. The molecule has 130 valence electrons. The van der Waals surface area contributed by atoms with Crippen molar-refractivity contribution in [3.63, 3.8) is 0 Å². The van der Waals surface area contributed by atoms with E-state index in [-0.39, 0.29) is 29.9 Å². The molecule has 0 radical (unpaired) electrons. The molecule has 1 aromatic rings.